The average molecular weight is 209 g/mol. The van der Waals surface area contributed by atoms with Crippen LogP contribution in [-0.2, 0) is 24.3 Å². The van der Waals surface area contributed by atoms with Gasteiger partial charge in [0.1, 0.15) is 5.15 Å². The molecule has 0 amide bonds. The van der Waals surface area contributed by atoms with Gasteiger partial charge in [-0.1, -0.05) is 11.6 Å². The normalized spacial score (nSPS) is 10.7. The van der Waals surface area contributed by atoms with Gasteiger partial charge >= 0.3 is 0 Å². The van der Waals surface area contributed by atoms with Crippen LogP contribution in [0.5, 0.6) is 0 Å². The number of rotatable bonds is 3. The van der Waals surface area contributed by atoms with Crippen molar-refractivity contribution in [3.8, 4) is 0 Å². The second-order valence-corrected chi connectivity index (χ2v) is 3.03. The molecule has 12 heavy (non-hydrogen) atoms. The number of ether oxygens (including phenoxy) is 1. The highest BCUT2D eigenvalue weighted by atomic mass is 35.5. The molecule has 1 heterocycles. The van der Waals surface area contributed by atoms with E-state index >= 15 is 0 Å². The molecule has 0 atom stereocenters. The Labute approximate surface area is 81.2 Å². The Hall–Kier alpha value is -0.250. The fraction of sp³-hybridized carbons (Fsp3) is 0.571. The molecule has 0 aromatic carbocycles. The molecule has 0 aliphatic rings. The molecule has 0 fully saturated rings. The Morgan fingerprint density at radius 1 is 1.58 bits per heavy atom. The largest absolute Gasteiger partial charge is 0.378 e. The minimum absolute atomic E-state index is 0.366. The van der Waals surface area contributed by atoms with Crippen LogP contribution in [0.15, 0.2) is 0 Å². The summed E-state index contributed by atoms with van der Waals surface area (Å²) in [6.07, 6.45) is 0. The van der Waals surface area contributed by atoms with Crippen molar-refractivity contribution in [1.29, 1.82) is 0 Å². The molecule has 0 aliphatic heterocycles. The summed E-state index contributed by atoms with van der Waals surface area (Å²) < 4.78 is 6.54. The molecule has 5 heteroatoms. The Morgan fingerprint density at radius 2 is 2.25 bits per heavy atom. The highest BCUT2D eigenvalue weighted by Gasteiger charge is 2.12. The maximum absolute atomic E-state index is 5.91. The minimum Gasteiger partial charge on any atom is -0.378 e. The first-order valence-corrected chi connectivity index (χ1v) is 4.37. The van der Waals surface area contributed by atoms with E-state index in [9.17, 15) is 0 Å². The molecule has 0 aliphatic carbocycles. The number of nitrogens with zero attached hydrogens (tertiary/aromatic N) is 2. The lowest BCUT2D eigenvalue weighted by Gasteiger charge is -1.95. The SMILES string of the molecule is COCc1nn(C)c(Cl)c1CCl. The molecule has 0 bridgehead atoms. The standard InChI is InChI=1S/C7H10Cl2N2O/c1-11-7(9)5(3-8)6(10-11)4-12-2/h3-4H2,1-2H3. The predicted octanol–water partition coefficient (Wildman–Crippen LogP) is 1.96. The van der Waals surface area contributed by atoms with Gasteiger partial charge < -0.3 is 4.74 Å². The van der Waals surface area contributed by atoms with Gasteiger partial charge in [0, 0.05) is 19.7 Å². The van der Waals surface area contributed by atoms with Crippen molar-refractivity contribution in [3.63, 3.8) is 0 Å². The van der Waals surface area contributed by atoms with E-state index < -0.39 is 0 Å². The Balaban J connectivity index is 3.02. The topological polar surface area (TPSA) is 27.1 Å². The minimum atomic E-state index is 0.366. The van der Waals surface area contributed by atoms with Gasteiger partial charge in [0.05, 0.1) is 18.2 Å². The van der Waals surface area contributed by atoms with E-state index in [0.29, 0.717) is 17.6 Å². The summed E-state index contributed by atoms with van der Waals surface area (Å²) in [5, 5.41) is 4.73. The lowest BCUT2D eigenvalue weighted by atomic mass is 10.3. The molecule has 1 aromatic rings. The van der Waals surface area contributed by atoms with Gasteiger partial charge in [0.2, 0.25) is 0 Å². The lowest BCUT2D eigenvalue weighted by molar-refractivity contribution is 0.180. The highest BCUT2D eigenvalue weighted by molar-refractivity contribution is 6.31. The summed E-state index contributed by atoms with van der Waals surface area (Å²) in [4.78, 5) is 0. The maximum atomic E-state index is 5.91. The van der Waals surface area contributed by atoms with Crippen molar-refractivity contribution < 1.29 is 4.74 Å². The van der Waals surface area contributed by atoms with E-state index in [1.807, 2.05) is 0 Å². The quantitative estimate of drug-likeness (QED) is 0.711. The second-order valence-electron chi connectivity index (χ2n) is 2.41. The van der Waals surface area contributed by atoms with Crippen molar-refractivity contribution in [1.82, 2.24) is 9.78 Å². The molecule has 0 saturated heterocycles. The Morgan fingerprint density at radius 3 is 2.75 bits per heavy atom. The molecular formula is C7H10Cl2N2O. The molecule has 68 valence electrons. The lowest BCUT2D eigenvalue weighted by Crippen LogP contribution is -1.93. The van der Waals surface area contributed by atoms with E-state index in [1.54, 1.807) is 18.8 Å². The van der Waals surface area contributed by atoms with Gasteiger partial charge in [-0.05, 0) is 0 Å². The van der Waals surface area contributed by atoms with E-state index in [0.717, 1.165) is 11.3 Å². The van der Waals surface area contributed by atoms with Gasteiger partial charge in [-0.25, -0.2) is 0 Å². The van der Waals surface area contributed by atoms with Crippen LogP contribution in [0.2, 0.25) is 5.15 Å². The summed E-state index contributed by atoms with van der Waals surface area (Å²) >= 11 is 11.6. The van der Waals surface area contributed by atoms with E-state index in [-0.39, 0.29) is 0 Å². The zero-order chi connectivity index (χ0) is 9.14. The predicted molar refractivity (Wildman–Crippen MR) is 48.5 cm³/mol. The number of aromatic nitrogens is 2. The number of aryl methyl sites for hydroxylation is 1. The number of methoxy groups -OCH3 is 1. The van der Waals surface area contributed by atoms with Crippen molar-refractivity contribution >= 4 is 23.2 Å². The second kappa shape index (κ2) is 4.12. The monoisotopic (exact) mass is 208 g/mol. The van der Waals surface area contributed by atoms with Gasteiger partial charge in [0.25, 0.3) is 0 Å². The van der Waals surface area contributed by atoms with Crippen LogP contribution in [0, 0.1) is 0 Å². The molecule has 0 saturated carbocycles. The molecule has 1 aromatic heterocycles. The van der Waals surface area contributed by atoms with Crippen molar-refractivity contribution in [2.24, 2.45) is 7.05 Å². The third-order valence-corrected chi connectivity index (χ3v) is 2.31. The molecule has 0 N–H and O–H groups in total. The third kappa shape index (κ3) is 1.73. The van der Waals surface area contributed by atoms with E-state index in [2.05, 4.69) is 5.10 Å². The Bertz CT molecular complexity index is 273. The van der Waals surface area contributed by atoms with Gasteiger partial charge in [-0.15, -0.1) is 11.6 Å². The summed E-state index contributed by atoms with van der Waals surface area (Å²) in [5.41, 5.74) is 1.66. The van der Waals surface area contributed by atoms with Crippen LogP contribution >= 0.6 is 23.2 Å². The molecule has 0 unspecified atom stereocenters. The number of hydrogen-bond acceptors (Lipinski definition) is 2. The molecular weight excluding hydrogens is 199 g/mol. The fourth-order valence-corrected chi connectivity index (χ4v) is 1.55. The first kappa shape index (κ1) is 9.84. The summed E-state index contributed by atoms with van der Waals surface area (Å²) in [7, 11) is 3.39. The van der Waals surface area contributed by atoms with Crippen molar-refractivity contribution in [2.75, 3.05) is 7.11 Å². The van der Waals surface area contributed by atoms with Gasteiger partial charge in [-0.2, -0.15) is 5.10 Å². The summed E-state index contributed by atoms with van der Waals surface area (Å²) in [6.45, 7) is 0.447. The van der Waals surface area contributed by atoms with Gasteiger partial charge in [-0.3, -0.25) is 4.68 Å². The smallest absolute Gasteiger partial charge is 0.131 e. The van der Waals surface area contributed by atoms with Crippen LogP contribution in [0.25, 0.3) is 0 Å². The first-order valence-electron chi connectivity index (χ1n) is 3.45. The first-order chi connectivity index (χ1) is 5.70. The molecule has 3 nitrogen and oxygen atoms in total. The molecule has 0 radical (unpaired) electrons. The van der Waals surface area contributed by atoms with Crippen LogP contribution < -0.4 is 0 Å². The maximum Gasteiger partial charge on any atom is 0.131 e. The van der Waals surface area contributed by atoms with E-state index in [1.165, 1.54) is 0 Å². The van der Waals surface area contributed by atoms with Crippen LogP contribution in [-0.4, -0.2) is 16.9 Å². The zero-order valence-electron chi connectivity index (χ0n) is 6.97. The van der Waals surface area contributed by atoms with E-state index in [4.69, 9.17) is 27.9 Å². The number of hydrogen-bond donors (Lipinski definition) is 0. The van der Waals surface area contributed by atoms with Gasteiger partial charge in [0.15, 0.2) is 0 Å². The number of halogens is 2. The van der Waals surface area contributed by atoms with Crippen LogP contribution in [0.1, 0.15) is 11.3 Å². The van der Waals surface area contributed by atoms with Crippen LogP contribution in [0.3, 0.4) is 0 Å². The zero-order valence-corrected chi connectivity index (χ0v) is 8.48. The average Bonchev–Trinajstić information content (AvgIpc) is 2.29. The van der Waals surface area contributed by atoms with Crippen LogP contribution in [0.4, 0.5) is 0 Å². The molecule has 0 spiro atoms. The van der Waals surface area contributed by atoms with Crippen molar-refractivity contribution in [2.45, 2.75) is 12.5 Å². The number of alkyl halides is 1. The highest BCUT2D eigenvalue weighted by Crippen LogP contribution is 2.21. The third-order valence-electron chi connectivity index (χ3n) is 1.57. The molecule has 1 rings (SSSR count). The Kier molecular flexibility index (Phi) is 3.38. The summed E-state index contributed by atoms with van der Waals surface area (Å²) in [5.74, 6) is 0.366. The fourth-order valence-electron chi connectivity index (χ4n) is 0.985. The summed E-state index contributed by atoms with van der Waals surface area (Å²) in [6, 6.07) is 0. The van der Waals surface area contributed by atoms with Crippen molar-refractivity contribution in [3.05, 3.63) is 16.4 Å².